The molecule has 1 atom stereocenters. The molecule has 0 bridgehead atoms. The smallest absolute Gasteiger partial charge is 0.224 e. The second-order valence-corrected chi connectivity index (χ2v) is 4.10. The topological polar surface area (TPSA) is 83.6 Å². The number of pyridine rings is 1. The Labute approximate surface area is 88.6 Å². The lowest BCUT2D eigenvalue weighted by Gasteiger charge is -2.02. The summed E-state index contributed by atoms with van der Waals surface area (Å²) in [6.07, 6.45) is 2.98. The van der Waals surface area contributed by atoms with Crippen molar-refractivity contribution in [3.05, 3.63) is 24.5 Å². The van der Waals surface area contributed by atoms with Crippen LogP contribution in [0.25, 0.3) is 0 Å². The summed E-state index contributed by atoms with van der Waals surface area (Å²) in [6, 6.07) is 5.25. The molecule has 2 heterocycles. The molecule has 0 amide bonds. The zero-order valence-electron chi connectivity index (χ0n) is 7.97. The summed E-state index contributed by atoms with van der Waals surface area (Å²) in [5.41, 5.74) is 0. The zero-order chi connectivity index (χ0) is 10.7. The third-order valence-electron chi connectivity index (χ3n) is 1.68. The first kappa shape index (κ1) is 9.78. The molecule has 0 aromatic carbocycles. The molecule has 15 heavy (non-hydrogen) atoms. The van der Waals surface area contributed by atoms with Crippen LogP contribution in [0.2, 0.25) is 0 Å². The van der Waals surface area contributed by atoms with Gasteiger partial charge in [-0.25, -0.2) is 10.1 Å². The maximum atomic E-state index is 11.2. The normalized spacial score (nSPS) is 12.3. The van der Waals surface area contributed by atoms with Gasteiger partial charge in [-0.3, -0.25) is 4.21 Å². The van der Waals surface area contributed by atoms with Gasteiger partial charge in [0.1, 0.15) is 17.2 Å². The van der Waals surface area contributed by atoms with Crippen LogP contribution in [-0.4, -0.2) is 30.6 Å². The van der Waals surface area contributed by atoms with Crippen LogP contribution in [0.3, 0.4) is 0 Å². The van der Waals surface area contributed by atoms with E-state index in [0.717, 1.165) is 0 Å². The Morgan fingerprint density at radius 1 is 1.47 bits per heavy atom. The van der Waals surface area contributed by atoms with Crippen LogP contribution in [0.1, 0.15) is 0 Å². The Morgan fingerprint density at radius 3 is 3.00 bits per heavy atom. The summed E-state index contributed by atoms with van der Waals surface area (Å²) in [5, 5.41) is 9.77. The van der Waals surface area contributed by atoms with E-state index in [1.807, 2.05) is 0 Å². The van der Waals surface area contributed by atoms with Crippen molar-refractivity contribution in [2.75, 3.05) is 11.6 Å². The van der Waals surface area contributed by atoms with Crippen LogP contribution < -0.4 is 5.32 Å². The molecule has 0 aliphatic heterocycles. The standard InChI is InChI=1S/C8H9N5OS/c1-15(14)7-4-2-3-6(11-7)12-8-9-5-10-13-8/h2-5H,1H3,(H2,9,10,11,12,13). The number of anilines is 2. The molecule has 1 unspecified atom stereocenters. The molecule has 2 rings (SSSR count). The summed E-state index contributed by atoms with van der Waals surface area (Å²) in [6.45, 7) is 0. The predicted octanol–water partition coefficient (Wildman–Crippen LogP) is 0.681. The first-order chi connectivity index (χ1) is 7.25. The van der Waals surface area contributed by atoms with Gasteiger partial charge >= 0.3 is 0 Å². The Bertz CT molecular complexity index is 470. The average Bonchev–Trinajstić information content (AvgIpc) is 2.71. The fourth-order valence-electron chi connectivity index (χ4n) is 1.03. The minimum Gasteiger partial charge on any atom is -0.309 e. The molecule has 0 aliphatic carbocycles. The number of hydrogen-bond acceptors (Lipinski definition) is 5. The highest BCUT2D eigenvalue weighted by molar-refractivity contribution is 7.84. The Morgan fingerprint density at radius 2 is 2.33 bits per heavy atom. The number of nitrogens with zero attached hydrogens (tertiary/aromatic N) is 3. The van der Waals surface area contributed by atoms with Crippen molar-refractivity contribution in [2.24, 2.45) is 0 Å². The molecular formula is C8H9N5OS. The number of H-pyrrole nitrogens is 1. The maximum Gasteiger partial charge on any atom is 0.224 e. The Balaban J connectivity index is 2.22. The highest BCUT2D eigenvalue weighted by Crippen LogP contribution is 2.10. The van der Waals surface area contributed by atoms with Gasteiger partial charge in [-0.15, -0.1) is 0 Å². The highest BCUT2D eigenvalue weighted by Gasteiger charge is 2.02. The van der Waals surface area contributed by atoms with Gasteiger partial charge < -0.3 is 5.32 Å². The van der Waals surface area contributed by atoms with Crippen molar-refractivity contribution in [3.63, 3.8) is 0 Å². The van der Waals surface area contributed by atoms with Gasteiger partial charge in [0.2, 0.25) is 5.95 Å². The second kappa shape index (κ2) is 4.18. The number of aromatic amines is 1. The lowest BCUT2D eigenvalue weighted by Crippen LogP contribution is -1.98. The molecule has 78 valence electrons. The van der Waals surface area contributed by atoms with Crippen LogP contribution in [-0.2, 0) is 10.8 Å². The number of rotatable bonds is 3. The molecule has 2 N–H and O–H groups in total. The minimum absolute atomic E-state index is 0.501. The molecule has 0 spiro atoms. The van der Waals surface area contributed by atoms with Gasteiger partial charge in [-0.2, -0.15) is 10.1 Å². The van der Waals surface area contributed by atoms with E-state index >= 15 is 0 Å². The number of nitrogens with one attached hydrogen (secondary N) is 2. The van der Waals surface area contributed by atoms with Gasteiger partial charge in [-0.05, 0) is 12.1 Å². The van der Waals surface area contributed by atoms with Crippen LogP contribution in [0, 0.1) is 0 Å². The summed E-state index contributed by atoms with van der Waals surface area (Å²) < 4.78 is 11.2. The predicted molar refractivity (Wildman–Crippen MR) is 56.2 cm³/mol. The third-order valence-corrected chi connectivity index (χ3v) is 2.50. The van der Waals surface area contributed by atoms with E-state index in [-0.39, 0.29) is 0 Å². The first-order valence-corrected chi connectivity index (χ1v) is 5.74. The molecular weight excluding hydrogens is 214 g/mol. The van der Waals surface area contributed by atoms with Gasteiger partial charge in [0, 0.05) is 6.26 Å². The Hall–Kier alpha value is -1.76. The van der Waals surface area contributed by atoms with Crippen molar-refractivity contribution >= 4 is 22.6 Å². The SMILES string of the molecule is CS(=O)c1cccc(Nc2ncn[nH]2)n1. The van der Waals surface area contributed by atoms with Gasteiger partial charge in [0.25, 0.3) is 0 Å². The van der Waals surface area contributed by atoms with Gasteiger partial charge in [-0.1, -0.05) is 6.07 Å². The lowest BCUT2D eigenvalue weighted by molar-refractivity contribution is 0.684. The van der Waals surface area contributed by atoms with Crippen LogP contribution in [0.5, 0.6) is 0 Å². The summed E-state index contributed by atoms with van der Waals surface area (Å²) in [4.78, 5) is 8.04. The number of hydrogen-bond donors (Lipinski definition) is 2. The molecule has 7 heteroatoms. The molecule has 0 radical (unpaired) electrons. The second-order valence-electron chi connectivity index (χ2n) is 2.77. The first-order valence-electron chi connectivity index (χ1n) is 4.18. The van der Waals surface area contributed by atoms with Crippen molar-refractivity contribution in [2.45, 2.75) is 5.03 Å². The van der Waals surface area contributed by atoms with Gasteiger partial charge in [0.05, 0.1) is 10.8 Å². The van der Waals surface area contributed by atoms with E-state index in [0.29, 0.717) is 16.8 Å². The average molecular weight is 223 g/mol. The summed E-state index contributed by atoms with van der Waals surface area (Å²) in [7, 11) is -1.08. The maximum absolute atomic E-state index is 11.2. The van der Waals surface area contributed by atoms with Crippen LogP contribution in [0.15, 0.2) is 29.6 Å². The molecule has 0 aliphatic rings. The third kappa shape index (κ3) is 2.38. The molecule has 0 saturated carbocycles. The van der Waals surface area contributed by atoms with E-state index in [9.17, 15) is 4.21 Å². The van der Waals surface area contributed by atoms with E-state index in [1.165, 1.54) is 6.33 Å². The fourth-order valence-corrected chi connectivity index (χ4v) is 1.53. The zero-order valence-corrected chi connectivity index (χ0v) is 8.78. The fraction of sp³-hybridized carbons (Fsp3) is 0.125. The van der Waals surface area contributed by atoms with Gasteiger partial charge in [0.15, 0.2) is 0 Å². The van der Waals surface area contributed by atoms with E-state index in [4.69, 9.17) is 0 Å². The Kier molecular flexibility index (Phi) is 2.72. The van der Waals surface area contributed by atoms with Crippen molar-refractivity contribution < 1.29 is 4.21 Å². The monoisotopic (exact) mass is 223 g/mol. The van der Waals surface area contributed by atoms with Crippen LogP contribution in [0.4, 0.5) is 11.8 Å². The number of aromatic nitrogens is 4. The molecule has 6 nitrogen and oxygen atoms in total. The van der Waals surface area contributed by atoms with Crippen LogP contribution >= 0.6 is 0 Å². The van der Waals surface area contributed by atoms with Crippen molar-refractivity contribution in [1.82, 2.24) is 20.2 Å². The lowest BCUT2D eigenvalue weighted by atomic mass is 10.5. The molecule has 0 saturated heterocycles. The highest BCUT2D eigenvalue weighted by atomic mass is 32.2. The summed E-state index contributed by atoms with van der Waals surface area (Å²) in [5.74, 6) is 1.08. The van der Waals surface area contributed by atoms with Crippen molar-refractivity contribution in [3.8, 4) is 0 Å². The molecule has 2 aromatic heterocycles. The largest absolute Gasteiger partial charge is 0.309 e. The molecule has 2 aromatic rings. The quantitative estimate of drug-likeness (QED) is 0.799. The minimum atomic E-state index is -1.08. The summed E-state index contributed by atoms with van der Waals surface area (Å²) >= 11 is 0. The molecule has 0 fully saturated rings. The van der Waals surface area contributed by atoms with E-state index < -0.39 is 10.8 Å². The van der Waals surface area contributed by atoms with Crippen molar-refractivity contribution in [1.29, 1.82) is 0 Å². The van der Waals surface area contributed by atoms with E-state index in [1.54, 1.807) is 24.5 Å². The van der Waals surface area contributed by atoms with E-state index in [2.05, 4.69) is 25.5 Å².